The summed E-state index contributed by atoms with van der Waals surface area (Å²) in [5.41, 5.74) is 4.21. The van der Waals surface area contributed by atoms with Crippen molar-refractivity contribution in [1.29, 1.82) is 0 Å². The molecule has 1 fully saturated rings. The molecule has 2 heterocycles. The molecule has 0 radical (unpaired) electrons. The minimum atomic E-state index is -0.171. The number of ether oxygens (including phenoxy) is 2. The number of aromatic nitrogens is 1. The molecule has 4 rings (SSSR count). The Balaban J connectivity index is 1.71. The Kier molecular flexibility index (Phi) is 6.63. The molecular formula is C26H28N2O3. The summed E-state index contributed by atoms with van der Waals surface area (Å²) in [6.45, 7) is 0.579. The van der Waals surface area contributed by atoms with Crippen LogP contribution in [0.25, 0.3) is 11.1 Å². The monoisotopic (exact) mass is 416 g/mol. The molecule has 3 aromatic rings. The molecule has 31 heavy (non-hydrogen) atoms. The second-order valence-corrected chi connectivity index (χ2v) is 7.80. The van der Waals surface area contributed by atoms with E-state index in [0.29, 0.717) is 6.54 Å². The van der Waals surface area contributed by atoms with Crippen LogP contribution in [0.2, 0.25) is 0 Å². The highest BCUT2D eigenvalue weighted by Crippen LogP contribution is 2.43. The lowest BCUT2D eigenvalue weighted by Gasteiger charge is -2.40. The van der Waals surface area contributed by atoms with Crippen LogP contribution in [-0.4, -0.2) is 36.4 Å². The highest BCUT2D eigenvalue weighted by molar-refractivity contribution is 5.63. The third kappa shape index (κ3) is 4.47. The van der Waals surface area contributed by atoms with Crippen LogP contribution in [0.4, 0.5) is 0 Å². The van der Waals surface area contributed by atoms with Crippen molar-refractivity contribution in [1.82, 2.24) is 9.88 Å². The molecule has 5 heteroatoms. The molecule has 0 saturated carbocycles. The lowest BCUT2D eigenvalue weighted by atomic mass is 9.89. The van der Waals surface area contributed by atoms with Gasteiger partial charge in [0.15, 0.2) is 0 Å². The first-order valence-electron chi connectivity index (χ1n) is 10.7. The van der Waals surface area contributed by atoms with E-state index in [4.69, 9.17) is 9.47 Å². The summed E-state index contributed by atoms with van der Waals surface area (Å²) in [4.78, 5) is 18.9. The molecule has 0 N–H and O–H groups in total. The van der Waals surface area contributed by atoms with Crippen LogP contribution in [-0.2, 0) is 11.3 Å². The Morgan fingerprint density at radius 3 is 2.39 bits per heavy atom. The molecule has 1 aromatic heterocycles. The topological polar surface area (TPSA) is 51.7 Å². The average Bonchev–Trinajstić information content (AvgIpc) is 2.84. The lowest BCUT2D eigenvalue weighted by Crippen LogP contribution is -2.42. The normalized spacial score (nSPS) is 19.0. The second-order valence-electron chi connectivity index (χ2n) is 7.80. The van der Waals surface area contributed by atoms with Gasteiger partial charge in [-0.05, 0) is 54.7 Å². The van der Waals surface area contributed by atoms with E-state index in [-0.39, 0.29) is 12.1 Å². The van der Waals surface area contributed by atoms with Crippen molar-refractivity contribution in [3.63, 3.8) is 0 Å². The predicted octanol–water partition coefficient (Wildman–Crippen LogP) is 5.06. The highest BCUT2D eigenvalue weighted by Gasteiger charge is 2.35. The van der Waals surface area contributed by atoms with Gasteiger partial charge in [-0.3, -0.25) is 9.88 Å². The van der Waals surface area contributed by atoms with E-state index in [1.807, 2.05) is 48.7 Å². The van der Waals surface area contributed by atoms with Crippen molar-refractivity contribution in [3.05, 3.63) is 78.1 Å². The number of aldehydes is 1. The second kappa shape index (κ2) is 9.75. The molecule has 0 spiro atoms. The number of benzene rings is 2. The van der Waals surface area contributed by atoms with Crippen LogP contribution in [0.3, 0.4) is 0 Å². The van der Waals surface area contributed by atoms with E-state index < -0.39 is 0 Å². The van der Waals surface area contributed by atoms with Gasteiger partial charge in [0.05, 0.1) is 31.5 Å². The van der Waals surface area contributed by atoms with E-state index in [9.17, 15) is 4.79 Å². The molecule has 1 saturated heterocycles. The molecule has 2 aromatic carbocycles. The summed E-state index contributed by atoms with van der Waals surface area (Å²) < 4.78 is 11.3. The quantitative estimate of drug-likeness (QED) is 0.504. The minimum Gasteiger partial charge on any atom is -0.496 e. The van der Waals surface area contributed by atoms with Gasteiger partial charge in [-0.1, -0.05) is 36.4 Å². The number of methoxy groups -OCH3 is 2. The summed E-state index contributed by atoms with van der Waals surface area (Å²) >= 11 is 0. The van der Waals surface area contributed by atoms with Crippen molar-refractivity contribution in [3.8, 4) is 22.6 Å². The molecule has 5 nitrogen and oxygen atoms in total. The lowest BCUT2D eigenvalue weighted by molar-refractivity contribution is -0.115. The van der Waals surface area contributed by atoms with Gasteiger partial charge < -0.3 is 14.3 Å². The van der Waals surface area contributed by atoms with Crippen molar-refractivity contribution in [2.45, 2.75) is 37.9 Å². The first-order chi connectivity index (χ1) is 15.2. The molecular weight excluding hydrogens is 388 g/mol. The Hall–Kier alpha value is -3.18. The van der Waals surface area contributed by atoms with Crippen molar-refractivity contribution in [2.24, 2.45) is 0 Å². The Bertz CT molecular complexity index is 1000. The van der Waals surface area contributed by atoms with Crippen molar-refractivity contribution >= 4 is 6.29 Å². The van der Waals surface area contributed by atoms with E-state index in [1.165, 1.54) is 0 Å². The van der Waals surface area contributed by atoms with Gasteiger partial charge in [0.1, 0.15) is 17.8 Å². The van der Waals surface area contributed by atoms with Gasteiger partial charge in [-0.25, -0.2) is 0 Å². The molecule has 0 aliphatic carbocycles. The fourth-order valence-electron chi connectivity index (χ4n) is 4.54. The zero-order valence-electron chi connectivity index (χ0n) is 18.0. The molecule has 2 unspecified atom stereocenters. The molecule has 0 bridgehead atoms. The summed E-state index contributed by atoms with van der Waals surface area (Å²) in [6.07, 6.45) is 5.66. The maximum absolute atomic E-state index is 12.0. The summed E-state index contributed by atoms with van der Waals surface area (Å²) in [5.74, 6) is 1.57. The Labute approximate surface area is 183 Å². The zero-order chi connectivity index (χ0) is 21.6. The molecule has 2 atom stereocenters. The van der Waals surface area contributed by atoms with Gasteiger partial charge in [-0.2, -0.15) is 0 Å². The number of piperidine rings is 1. The summed E-state index contributed by atoms with van der Waals surface area (Å²) in [7, 11) is 3.35. The first kappa shape index (κ1) is 21.1. The van der Waals surface area contributed by atoms with Gasteiger partial charge in [0.2, 0.25) is 0 Å². The SMILES string of the molecule is COc1cccc(OC)c1C1CCCC(C=O)N1Cc1cc(-c2ccccc2)ccn1. The number of carbonyl (C=O) groups is 1. The number of hydrogen-bond donors (Lipinski definition) is 0. The van der Waals surface area contributed by atoms with Crippen LogP contribution < -0.4 is 9.47 Å². The fraction of sp³-hybridized carbons (Fsp3) is 0.308. The van der Waals surface area contributed by atoms with E-state index in [1.54, 1.807) is 14.2 Å². The van der Waals surface area contributed by atoms with Crippen LogP contribution >= 0.6 is 0 Å². The first-order valence-corrected chi connectivity index (χ1v) is 10.7. The van der Waals surface area contributed by atoms with Gasteiger partial charge >= 0.3 is 0 Å². The van der Waals surface area contributed by atoms with Crippen LogP contribution in [0, 0.1) is 0 Å². The van der Waals surface area contributed by atoms with Crippen LogP contribution in [0.15, 0.2) is 66.9 Å². The Morgan fingerprint density at radius 1 is 0.968 bits per heavy atom. The van der Waals surface area contributed by atoms with Gasteiger partial charge in [-0.15, -0.1) is 0 Å². The number of nitrogens with zero attached hydrogens (tertiary/aromatic N) is 2. The van der Waals surface area contributed by atoms with E-state index >= 15 is 0 Å². The largest absolute Gasteiger partial charge is 0.496 e. The van der Waals surface area contributed by atoms with E-state index in [0.717, 1.165) is 59.4 Å². The number of rotatable bonds is 7. The summed E-state index contributed by atoms with van der Waals surface area (Å²) in [5, 5.41) is 0. The maximum atomic E-state index is 12.0. The maximum Gasteiger partial charge on any atom is 0.137 e. The van der Waals surface area contributed by atoms with Gasteiger partial charge in [0, 0.05) is 18.8 Å². The van der Waals surface area contributed by atoms with Crippen molar-refractivity contribution in [2.75, 3.05) is 14.2 Å². The van der Waals surface area contributed by atoms with Crippen LogP contribution in [0.5, 0.6) is 11.5 Å². The molecule has 1 aliphatic heterocycles. The van der Waals surface area contributed by atoms with E-state index in [2.05, 4.69) is 28.1 Å². The zero-order valence-corrected chi connectivity index (χ0v) is 18.0. The standard InChI is InChI=1S/C26H28N2O3/c1-30-24-12-7-13-25(31-2)26(24)23-11-6-10-22(18-29)28(23)17-21-16-20(14-15-27-21)19-8-4-3-5-9-19/h3-5,7-9,12-16,18,22-23H,6,10-11,17H2,1-2H3. The molecule has 160 valence electrons. The Morgan fingerprint density at radius 2 is 1.71 bits per heavy atom. The number of likely N-dealkylation sites (tertiary alicyclic amines) is 1. The van der Waals surface area contributed by atoms with Crippen molar-refractivity contribution < 1.29 is 14.3 Å². The van der Waals surface area contributed by atoms with Crippen LogP contribution in [0.1, 0.15) is 36.6 Å². The number of hydrogen-bond acceptors (Lipinski definition) is 5. The van der Waals surface area contributed by atoms with Gasteiger partial charge in [0.25, 0.3) is 0 Å². The highest BCUT2D eigenvalue weighted by atomic mass is 16.5. The summed E-state index contributed by atoms with van der Waals surface area (Å²) in [6, 6.07) is 20.1. The third-order valence-corrected chi connectivity index (χ3v) is 6.03. The fourth-order valence-corrected chi connectivity index (χ4v) is 4.54. The average molecular weight is 417 g/mol. The number of pyridine rings is 1. The number of carbonyl (C=O) groups excluding carboxylic acids is 1. The molecule has 1 aliphatic rings. The minimum absolute atomic E-state index is 0.0113. The molecule has 0 amide bonds. The predicted molar refractivity (Wildman–Crippen MR) is 121 cm³/mol. The smallest absolute Gasteiger partial charge is 0.137 e. The third-order valence-electron chi connectivity index (χ3n) is 6.03.